The highest BCUT2D eigenvalue weighted by Crippen LogP contribution is 2.28. The number of rotatable bonds is 12. The lowest BCUT2D eigenvalue weighted by molar-refractivity contribution is -0.137. The molecule has 0 aliphatic rings. The van der Waals surface area contributed by atoms with Crippen molar-refractivity contribution < 1.29 is 24.2 Å². The van der Waals surface area contributed by atoms with E-state index >= 15 is 0 Å². The van der Waals surface area contributed by atoms with Gasteiger partial charge in [0.05, 0.1) is 51.2 Å². The van der Waals surface area contributed by atoms with Gasteiger partial charge in [-0.05, 0) is 37.1 Å². The SMILES string of the molecule is CCn1nccc1CN(CCc1ccc(OC)c(OC)c1)C(=O)c1cnn(CCC(=O)O)c1. The van der Waals surface area contributed by atoms with Crippen LogP contribution in [-0.2, 0) is 30.8 Å². The average molecular weight is 456 g/mol. The van der Waals surface area contributed by atoms with Crippen molar-refractivity contribution in [1.82, 2.24) is 24.5 Å². The molecule has 0 radical (unpaired) electrons. The predicted molar refractivity (Wildman–Crippen MR) is 120 cm³/mol. The third kappa shape index (κ3) is 6.12. The van der Waals surface area contributed by atoms with Crippen LogP contribution in [0.4, 0.5) is 0 Å². The van der Waals surface area contributed by atoms with Crippen molar-refractivity contribution in [2.45, 2.75) is 39.4 Å². The minimum absolute atomic E-state index is 0.0615. The van der Waals surface area contributed by atoms with Gasteiger partial charge in [0.1, 0.15) is 0 Å². The molecule has 10 heteroatoms. The van der Waals surface area contributed by atoms with Crippen LogP contribution in [0, 0.1) is 0 Å². The third-order valence-corrected chi connectivity index (χ3v) is 5.30. The van der Waals surface area contributed by atoms with Gasteiger partial charge >= 0.3 is 5.97 Å². The molecule has 0 fully saturated rings. The number of ether oxygens (including phenoxy) is 2. The molecule has 176 valence electrons. The molecule has 1 amide bonds. The zero-order valence-electron chi connectivity index (χ0n) is 19.1. The van der Waals surface area contributed by atoms with E-state index in [1.165, 1.54) is 10.9 Å². The lowest BCUT2D eigenvalue weighted by atomic mass is 10.1. The van der Waals surface area contributed by atoms with Crippen LogP contribution in [0.5, 0.6) is 11.5 Å². The number of aliphatic carboxylic acids is 1. The van der Waals surface area contributed by atoms with Crippen LogP contribution in [0.1, 0.15) is 35.0 Å². The van der Waals surface area contributed by atoms with E-state index in [2.05, 4.69) is 10.2 Å². The molecule has 0 bridgehead atoms. The van der Waals surface area contributed by atoms with E-state index in [0.29, 0.717) is 43.1 Å². The Balaban J connectivity index is 1.79. The number of carboxylic acid groups (broad SMARTS) is 1. The predicted octanol–water partition coefficient (Wildman–Crippen LogP) is 2.48. The van der Waals surface area contributed by atoms with Crippen LogP contribution < -0.4 is 9.47 Å². The summed E-state index contributed by atoms with van der Waals surface area (Å²) in [6, 6.07) is 7.60. The number of carbonyl (C=O) groups excluding carboxylic acids is 1. The Bertz CT molecular complexity index is 1090. The zero-order chi connectivity index (χ0) is 23.8. The highest BCUT2D eigenvalue weighted by atomic mass is 16.5. The highest BCUT2D eigenvalue weighted by molar-refractivity contribution is 5.93. The van der Waals surface area contributed by atoms with E-state index < -0.39 is 5.97 Å². The fraction of sp³-hybridized carbons (Fsp3) is 0.391. The van der Waals surface area contributed by atoms with Crippen LogP contribution in [0.15, 0.2) is 42.9 Å². The summed E-state index contributed by atoms with van der Waals surface area (Å²) in [5.74, 6) is 0.190. The number of amides is 1. The molecular formula is C23H29N5O5. The van der Waals surface area contributed by atoms with Gasteiger partial charge < -0.3 is 19.5 Å². The van der Waals surface area contributed by atoms with Gasteiger partial charge in [0.2, 0.25) is 0 Å². The largest absolute Gasteiger partial charge is 0.493 e. The first-order valence-corrected chi connectivity index (χ1v) is 10.7. The first kappa shape index (κ1) is 23.8. The van der Waals surface area contributed by atoms with Crippen LogP contribution in [-0.4, -0.2) is 62.2 Å². The van der Waals surface area contributed by atoms with Crippen molar-refractivity contribution in [3.8, 4) is 11.5 Å². The van der Waals surface area contributed by atoms with Gasteiger partial charge in [-0.1, -0.05) is 6.07 Å². The van der Waals surface area contributed by atoms with Gasteiger partial charge in [-0.15, -0.1) is 0 Å². The molecule has 33 heavy (non-hydrogen) atoms. The van der Waals surface area contributed by atoms with Crippen molar-refractivity contribution in [2.24, 2.45) is 0 Å². The Morgan fingerprint density at radius 2 is 1.91 bits per heavy atom. The van der Waals surface area contributed by atoms with Crippen LogP contribution >= 0.6 is 0 Å². The molecule has 2 aromatic heterocycles. The number of carboxylic acids is 1. The van der Waals surface area contributed by atoms with Crippen LogP contribution in [0.2, 0.25) is 0 Å². The molecule has 3 aromatic rings. The van der Waals surface area contributed by atoms with E-state index in [1.54, 1.807) is 31.5 Å². The van der Waals surface area contributed by atoms with Crippen molar-refractivity contribution in [3.63, 3.8) is 0 Å². The number of aryl methyl sites for hydroxylation is 2. The van der Waals surface area contributed by atoms with Crippen molar-refractivity contribution in [2.75, 3.05) is 20.8 Å². The molecule has 3 rings (SSSR count). The molecule has 0 saturated heterocycles. The van der Waals surface area contributed by atoms with Gasteiger partial charge in [-0.2, -0.15) is 10.2 Å². The Morgan fingerprint density at radius 3 is 2.61 bits per heavy atom. The maximum atomic E-state index is 13.3. The normalized spacial score (nSPS) is 10.8. The van der Waals surface area contributed by atoms with E-state index in [0.717, 1.165) is 11.3 Å². The highest BCUT2D eigenvalue weighted by Gasteiger charge is 2.20. The summed E-state index contributed by atoms with van der Waals surface area (Å²) >= 11 is 0. The fourth-order valence-corrected chi connectivity index (χ4v) is 3.52. The Labute approximate surface area is 192 Å². The van der Waals surface area contributed by atoms with Gasteiger partial charge in [-0.3, -0.25) is 19.0 Å². The molecule has 1 N–H and O–H groups in total. The number of benzene rings is 1. The third-order valence-electron chi connectivity index (χ3n) is 5.30. The molecule has 0 spiro atoms. The first-order chi connectivity index (χ1) is 15.9. The summed E-state index contributed by atoms with van der Waals surface area (Å²) in [6.45, 7) is 3.76. The number of carbonyl (C=O) groups is 2. The minimum atomic E-state index is -0.914. The maximum Gasteiger partial charge on any atom is 0.305 e. The summed E-state index contributed by atoms with van der Waals surface area (Å²) in [5, 5.41) is 17.3. The molecular weight excluding hydrogens is 426 g/mol. The molecule has 1 aromatic carbocycles. The second-order valence-corrected chi connectivity index (χ2v) is 7.44. The Hall–Kier alpha value is -3.82. The summed E-state index contributed by atoms with van der Waals surface area (Å²) in [7, 11) is 3.18. The Morgan fingerprint density at radius 1 is 1.12 bits per heavy atom. The number of hydrogen-bond acceptors (Lipinski definition) is 6. The molecule has 0 aliphatic carbocycles. The lowest BCUT2D eigenvalue weighted by Gasteiger charge is -2.23. The average Bonchev–Trinajstić information content (AvgIpc) is 3.48. The van der Waals surface area contributed by atoms with E-state index in [-0.39, 0.29) is 18.9 Å². The molecule has 2 heterocycles. The minimum Gasteiger partial charge on any atom is -0.493 e. The summed E-state index contributed by atoms with van der Waals surface area (Å²) in [5.41, 5.74) is 2.35. The molecule has 10 nitrogen and oxygen atoms in total. The van der Waals surface area contributed by atoms with Gasteiger partial charge in [0.25, 0.3) is 5.91 Å². The van der Waals surface area contributed by atoms with Crippen molar-refractivity contribution in [1.29, 1.82) is 0 Å². The maximum absolute atomic E-state index is 13.3. The van der Waals surface area contributed by atoms with E-state index in [4.69, 9.17) is 14.6 Å². The quantitative estimate of drug-likeness (QED) is 0.446. The number of hydrogen-bond donors (Lipinski definition) is 1. The number of methoxy groups -OCH3 is 2. The van der Waals surface area contributed by atoms with Crippen molar-refractivity contribution >= 4 is 11.9 Å². The topological polar surface area (TPSA) is 112 Å². The van der Waals surface area contributed by atoms with Gasteiger partial charge in [-0.25, -0.2) is 0 Å². The standard InChI is InChI=1S/C23H29N5O5/c1-4-28-19(7-10-24-28)16-26(11-8-17-5-6-20(32-2)21(13-17)33-3)23(31)18-14-25-27(15-18)12-9-22(29)30/h5-7,10,13-15H,4,8-9,11-12,16H2,1-3H3,(H,29,30). The van der Waals surface area contributed by atoms with Crippen LogP contribution in [0.25, 0.3) is 0 Å². The summed E-state index contributed by atoms with van der Waals surface area (Å²) in [4.78, 5) is 25.9. The molecule has 0 aliphatic heterocycles. The lowest BCUT2D eigenvalue weighted by Crippen LogP contribution is -2.33. The van der Waals surface area contributed by atoms with E-state index in [9.17, 15) is 9.59 Å². The monoisotopic (exact) mass is 455 g/mol. The van der Waals surface area contributed by atoms with Crippen molar-refractivity contribution in [3.05, 3.63) is 59.7 Å². The second kappa shape index (κ2) is 11.2. The number of aromatic nitrogens is 4. The van der Waals surface area contributed by atoms with Gasteiger partial charge in [0.15, 0.2) is 11.5 Å². The van der Waals surface area contributed by atoms with Crippen LogP contribution in [0.3, 0.4) is 0 Å². The summed E-state index contributed by atoms with van der Waals surface area (Å²) in [6.07, 6.45) is 5.34. The first-order valence-electron chi connectivity index (χ1n) is 10.7. The second-order valence-electron chi connectivity index (χ2n) is 7.44. The molecule has 0 atom stereocenters. The smallest absolute Gasteiger partial charge is 0.305 e. The summed E-state index contributed by atoms with van der Waals surface area (Å²) < 4.78 is 14.0. The van der Waals surface area contributed by atoms with E-state index in [1.807, 2.05) is 35.9 Å². The number of nitrogens with zero attached hydrogens (tertiary/aromatic N) is 5. The molecule has 0 saturated carbocycles. The Kier molecular flexibility index (Phi) is 8.06. The fourth-order valence-electron chi connectivity index (χ4n) is 3.52. The van der Waals surface area contributed by atoms with Gasteiger partial charge in [0, 0.05) is 25.5 Å². The molecule has 0 unspecified atom stereocenters. The zero-order valence-corrected chi connectivity index (χ0v) is 19.1.